The molecule has 0 spiro atoms. The quantitative estimate of drug-likeness (QED) is 0.258. The number of phenolic OH excluding ortho intramolecular Hbond substituents is 3. The van der Waals surface area contributed by atoms with Gasteiger partial charge in [0.25, 0.3) is 0 Å². The van der Waals surface area contributed by atoms with Gasteiger partial charge in [-0.1, -0.05) is 18.2 Å². The minimum absolute atomic E-state index is 0.283. The molecule has 0 heterocycles. The van der Waals surface area contributed by atoms with Crippen molar-refractivity contribution in [3.05, 3.63) is 48.0 Å². The number of aromatic hydroxyl groups is 3. The molecule has 0 aliphatic rings. The first-order chi connectivity index (χ1) is 10.5. The minimum atomic E-state index is -0.586. The summed E-state index contributed by atoms with van der Waals surface area (Å²) in [7, 11) is 0. The van der Waals surface area contributed by atoms with Crippen molar-refractivity contribution in [3.8, 4) is 17.2 Å². The van der Waals surface area contributed by atoms with Gasteiger partial charge in [-0.2, -0.15) is 5.10 Å². The van der Waals surface area contributed by atoms with E-state index >= 15 is 0 Å². The summed E-state index contributed by atoms with van der Waals surface area (Å²) in [5.74, 6) is -1.43. The number of benzene rings is 2. The van der Waals surface area contributed by atoms with Crippen LogP contribution in [0.25, 0.3) is 0 Å². The number of nitrogens with zero attached hydrogens (tertiary/aromatic N) is 1. The van der Waals surface area contributed by atoms with Crippen molar-refractivity contribution in [2.45, 2.75) is 6.92 Å². The van der Waals surface area contributed by atoms with Crippen LogP contribution < -0.4 is 10.7 Å². The summed E-state index contributed by atoms with van der Waals surface area (Å²) in [4.78, 5) is 0. The maximum Gasteiger partial charge on any atom is 0.200 e. The summed E-state index contributed by atoms with van der Waals surface area (Å²) in [5, 5.41) is 35.8. The van der Waals surface area contributed by atoms with Gasteiger partial charge >= 0.3 is 0 Å². The lowest BCUT2D eigenvalue weighted by atomic mass is 10.1. The van der Waals surface area contributed by atoms with E-state index in [0.29, 0.717) is 5.71 Å². The Morgan fingerprint density at radius 1 is 1.00 bits per heavy atom. The van der Waals surface area contributed by atoms with Crippen molar-refractivity contribution in [3.63, 3.8) is 0 Å². The molecule has 0 atom stereocenters. The van der Waals surface area contributed by atoms with Gasteiger partial charge in [-0.3, -0.25) is 5.43 Å². The van der Waals surface area contributed by atoms with Gasteiger partial charge in [0.1, 0.15) is 0 Å². The minimum Gasteiger partial charge on any atom is -0.504 e. The second kappa shape index (κ2) is 6.77. The Kier molecular flexibility index (Phi) is 4.80. The van der Waals surface area contributed by atoms with Gasteiger partial charge in [0.05, 0.1) is 5.71 Å². The van der Waals surface area contributed by atoms with Gasteiger partial charge in [0.15, 0.2) is 16.6 Å². The van der Waals surface area contributed by atoms with Gasteiger partial charge in [-0.15, -0.1) is 0 Å². The van der Waals surface area contributed by atoms with Gasteiger partial charge in [-0.25, -0.2) is 0 Å². The standard InChI is InChI=1S/C15H15N3O3S/c1-9(11-7-8-12(19)14(21)13(11)20)17-18-15(22)16-10-5-3-2-4-6-10/h2-8,19-21H,1H3,(H2,16,18,22)/b17-9+. The Hall–Kier alpha value is -2.80. The van der Waals surface area contributed by atoms with Gasteiger partial charge < -0.3 is 20.6 Å². The molecule has 114 valence electrons. The summed E-state index contributed by atoms with van der Waals surface area (Å²) in [6, 6.07) is 12.1. The largest absolute Gasteiger partial charge is 0.504 e. The highest BCUT2D eigenvalue weighted by atomic mass is 32.1. The monoisotopic (exact) mass is 317 g/mol. The zero-order valence-electron chi connectivity index (χ0n) is 11.7. The molecule has 22 heavy (non-hydrogen) atoms. The molecule has 2 rings (SSSR count). The molecule has 5 N–H and O–H groups in total. The summed E-state index contributed by atoms with van der Waals surface area (Å²) < 4.78 is 0. The fraction of sp³-hybridized carbons (Fsp3) is 0.0667. The van der Waals surface area contributed by atoms with E-state index in [0.717, 1.165) is 5.69 Å². The Labute approximate surface area is 132 Å². The first-order valence-electron chi connectivity index (χ1n) is 6.39. The highest BCUT2D eigenvalue weighted by molar-refractivity contribution is 7.80. The summed E-state index contributed by atoms with van der Waals surface area (Å²) in [5.41, 5.74) is 4.14. The number of hydrogen-bond donors (Lipinski definition) is 5. The Morgan fingerprint density at radius 3 is 2.36 bits per heavy atom. The molecule has 2 aromatic rings. The van der Waals surface area contributed by atoms with Crippen molar-refractivity contribution < 1.29 is 15.3 Å². The Morgan fingerprint density at radius 2 is 1.68 bits per heavy atom. The lowest BCUT2D eigenvalue weighted by Crippen LogP contribution is -2.24. The molecule has 0 fully saturated rings. The topological polar surface area (TPSA) is 97.1 Å². The van der Waals surface area contributed by atoms with Gasteiger partial charge in [0.2, 0.25) is 5.75 Å². The van der Waals surface area contributed by atoms with Gasteiger partial charge in [0, 0.05) is 11.3 Å². The maximum absolute atomic E-state index is 9.78. The average Bonchev–Trinajstić information content (AvgIpc) is 2.51. The summed E-state index contributed by atoms with van der Waals surface area (Å²) in [6.45, 7) is 1.63. The Bertz CT molecular complexity index is 717. The van der Waals surface area contributed by atoms with Crippen molar-refractivity contribution in [2.24, 2.45) is 5.10 Å². The molecule has 0 amide bonds. The van der Waals surface area contributed by atoms with E-state index < -0.39 is 17.2 Å². The molecule has 6 nitrogen and oxygen atoms in total. The van der Waals surface area contributed by atoms with Crippen LogP contribution in [0, 0.1) is 0 Å². The van der Waals surface area contributed by atoms with Gasteiger partial charge in [-0.05, 0) is 43.4 Å². The lowest BCUT2D eigenvalue weighted by molar-refractivity contribution is 0.367. The molecule has 0 saturated heterocycles. The predicted molar refractivity (Wildman–Crippen MR) is 89.4 cm³/mol. The van der Waals surface area contributed by atoms with Crippen LogP contribution in [0.15, 0.2) is 47.6 Å². The molecule has 0 saturated carbocycles. The van der Waals surface area contributed by atoms with Crippen LogP contribution in [0.5, 0.6) is 17.2 Å². The summed E-state index contributed by atoms with van der Waals surface area (Å²) >= 11 is 5.10. The third-order valence-corrected chi connectivity index (χ3v) is 3.07. The normalized spacial score (nSPS) is 11.0. The molecule has 0 aromatic heterocycles. The molecule has 0 aliphatic heterocycles. The van der Waals surface area contributed by atoms with E-state index in [2.05, 4.69) is 15.8 Å². The number of phenols is 3. The van der Waals surface area contributed by atoms with Crippen molar-refractivity contribution in [1.82, 2.24) is 5.43 Å². The number of rotatable bonds is 3. The molecule has 0 bridgehead atoms. The number of nitrogens with one attached hydrogen (secondary N) is 2. The predicted octanol–water partition coefficient (Wildman–Crippen LogP) is 2.51. The van der Waals surface area contributed by atoms with E-state index in [1.807, 2.05) is 30.3 Å². The van der Waals surface area contributed by atoms with E-state index in [9.17, 15) is 15.3 Å². The number of hydrogen-bond acceptors (Lipinski definition) is 5. The van der Waals surface area contributed by atoms with Crippen molar-refractivity contribution in [2.75, 3.05) is 5.32 Å². The molecule has 0 unspecified atom stereocenters. The number of anilines is 1. The highest BCUT2D eigenvalue weighted by Gasteiger charge is 2.13. The van der Waals surface area contributed by atoms with Crippen LogP contribution >= 0.6 is 12.2 Å². The van der Waals surface area contributed by atoms with E-state index in [1.54, 1.807) is 6.92 Å². The van der Waals surface area contributed by atoms with Crippen LogP contribution in [0.2, 0.25) is 0 Å². The molecular formula is C15H15N3O3S. The van der Waals surface area contributed by atoms with Crippen LogP contribution in [-0.4, -0.2) is 26.1 Å². The maximum atomic E-state index is 9.78. The second-order valence-corrected chi connectivity index (χ2v) is 4.87. The molecule has 0 aliphatic carbocycles. The lowest BCUT2D eigenvalue weighted by Gasteiger charge is -2.09. The fourth-order valence-electron chi connectivity index (χ4n) is 1.74. The molecule has 7 heteroatoms. The molecular weight excluding hydrogens is 302 g/mol. The highest BCUT2D eigenvalue weighted by Crippen LogP contribution is 2.37. The van der Waals surface area contributed by atoms with Crippen molar-refractivity contribution >= 4 is 28.7 Å². The van der Waals surface area contributed by atoms with Crippen LogP contribution in [0.4, 0.5) is 5.69 Å². The first kappa shape index (κ1) is 15.6. The third-order valence-electron chi connectivity index (χ3n) is 2.88. The molecule has 0 radical (unpaired) electrons. The molecule has 2 aromatic carbocycles. The van der Waals surface area contributed by atoms with Crippen LogP contribution in [-0.2, 0) is 0 Å². The summed E-state index contributed by atoms with van der Waals surface area (Å²) in [6.07, 6.45) is 0. The zero-order valence-corrected chi connectivity index (χ0v) is 12.6. The second-order valence-electron chi connectivity index (χ2n) is 4.46. The SMILES string of the molecule is C/C(=N\NC(=S)Nc1ccccc1)c1ccc(O)c(O)c1O. The Balaban J connectivity index is 2.07. The van der Waals surface area contributed by atoms with Crippen LogP contribution in [0.3, 0.4) is 0 Å². The number of para-hydroxylation sites is 1. The van der Waals surface area contributed by atoms with E-state index in [4.69, 9.17) is 12.2 Å². The van der Waals surface area contributed by atoms with E-state index in [1.165, 1.54) is 12.1 Å². The number of thiocarbonyl (C=S) groups is 1. The number of hydrazone groups is 1. The average molecular weight is 317 g/mol. The third kappa shape index (κ3) is 3.64. The first-order valence-corrected chi connectivity index (χ1v) is 6.80. The van der Waals surface area contributed by atoms with Crippen molar-refractivity contribution in [1.29, 1.82) is 0 Å². The fourth-order valence-corrected chi connectivity index (χ4v) is 1.90. The van der Waals surface area contributed by atoms with E-state index in [-0.39, 0.29) is 10.7 Å². The zero-order chi connectivity index (χ0) is 16.1. The van der Waals surface area contributed by atoms with Crippen LogP contribution in [0.1, 0.15) is 12.5 Å². The smallest absolute Gasteiger partial charge is 0.200 e.